The Morgan fingerprint density at radius 2 is 1.54 bits per heavy atom. The molecule has 0 bridgehead atoms. The van der Waals surface area contributed by atoms with Crippen molar-refractivity contribution in [1.29, 1.82) is 0 Å². The van der Waals surface area contributed by atoms with E-state index in [0.717, 1.165) is 81.9 Å². The smallest absolute Gasteiger partial charge is 0.331 e. The van der Waals surface area contributed by atoms with Crippen LogP contribution in [0, 0.1) is 5.92 Å². The number of nitrogens with zero attached hydrogens (tertiary/aromatic N) is 1. The lowest BCUT2D eigenvalue weighted by Crippen LogP contribution is -2.57. The fourth-order valence-corrected chi connectivity index (χ4v) is 6.55. The van der Waals surface area contributed by atoms with E-state index in [-0.39, 0.29) is 11.1 Å². The summed E-state index contributed by atoms with van der Waals surface area (Å²) in [6.45, 7) is 0.660. The predicted octanol–water partition coefficient (Wildman–Crippen LogP) is 4.70. The number of carbonyl (C=O) groups is 2. The summed E-state index contributed by atoms with van der Waals surface area (Å²) in [6.07, 6.45) is 15.6. The average Bonchev–Trinajstić information content (AvgIpc) is 2.86. The van der Waals surface area contributed by atoms with Crippen molar-refractivity contribution in [2.24, 2.45) is 5.92 Å². The topological polar surface area (TPSA) is 86.6 Å². The number of rotatable bonds is 6. The molecule has 7 heteroatoms. The molecular weight excluding hydrogens is 444 g/mol. The first-order valence-electron chi connectivity index (χ1n) is 13.7. The van der Waals surface area contributed by atoms with Gasteiger partial charge in [-0.05, 0) is 57.3 Å². The minimum Gasteiger partial charge on any atom is -0.495 e. The highest BCUT2D eigenvalue weighted by Gasteiger charge is 2.43. The summed E-state index contributed by atoms with van der Waals surface area (Å²) in [5.74, 6) is -0.0835. The van der Waals surface area contributed by atoms with Gasteiger partial charge in [-0.25, -0.2) is 4.79 Å². The summed E-state index contributed by atoms with van der Waals surface area (Å²) in [5.41, 5.74) is 0.745. The largest absolute Gasteiger partial charge is 0.495 e. The number of aromatic nitrogens is 1. The lowest BCUT2D eigenvalue weighted by atomic mass is 9.81. The van der Waals surface area contributed by atoms with E-state index in [2.05, 4.69) is 5.32 Å². The molecule has 0 atom stereocenters. The highest BCUT2D eigenvalue weighted by molar-refractivity contribution is 6.00. The molecule has 1 heterocycles. The molecule has 194 valence electrons. The molecule has 0 radical (unpaired) electrons. The van der Waals surface area contributed by atoms with E-state index in [9.17, 15) is 14.4 Å². The van der Waals surface area contributed by atoms with Crippen LogP contribution in [0.1, 0.15) is 112 Å². The highest BCUT2D eigenvalue weighted by Crippen LogP contribution is 2.34. The van der Waals surface area contributed by atoms with Gasteiger partial charge in [-0.2, -0.15) is 0 Å². The number of amides is 1. The van der Waals surface area contributed by atoms with Gasteiger partial charge in [0.2, 0.25) is 0 Å². The molecule has 1 aromatic heterocycles. The number of nitrogens with one attached hydrogen (secondary N) is 1. The van der Waals surface area contributed by atoms with Gasteiger partial charge >= 0.3 is 5.97 Å². The second-order valence-corrected chi connectivity index (χ2v) is 10.8. The van der Waals surface area contributed by atoms with Gasteiger partial charge in [0.15, 0.2) is 0 Å². The molecule has 4 rings (SSSR count). The number of hydrogen-bond acceptors (Lipinski definition) is 5. The van der Waals surface area contributed by atoms with Gasteiger partial charge < -0.3 is 19.4 Å². The molecule has 35 heavy (non-hydrogen) atoms. The van der Waals surface area contributed by atoms with Gasteiger partial charge in [0.05, 0.1) is 14.2 Å². The van der Waals surface area contributed by atoms with Crippen LogP contribution in [-0.2, 0) is 28.9 Å². The summed E-state index contributed by atoms with van der Waals surface area (Å²) in [6, 6.07) is 0. The van der Waals surface area contributed by atoms with Crippen LogP contribution in [0.3, 0.4) is 0 Å². The summed E-state index contributed by atoms with van der Waals surface area (Å²) < 4.78 is 12.8. The number of carbonyl (C=O) groups excluding carboxylic acids is 2. The van der Waals surface area contributed by atoms with Crippen molar-refractivity contribution in [3.05, 3.63) is 27.2 Å². The second-order valence-electron chi connectivity index (χ2n) is 10.8. The third-order valence-corrected chi connectivity index (χ3v) is 8.46. The predicted molar refractivity (Wildman–Crippen MR) is 135 cm³/mol. The Labute approximate surface area is 208 Å². The molecule has 3 aliphatic carbocycles. The Balaban J connectivity index is 1.79. The van der Waals surface area contributed by atoms with Gasteiger partial charge in [-0.3, -0.25) is 9.59 Å². The Kier molecular flexibility index (Phi) is 8.55. The Bertz CT molecular complexity index is 971. The minimum absolute atomic E-state index is 0.0523. The number of ether oxygens (including phenoxy) is 2. The van der Waals surface area contributed by atoms with E-state index >= 15 is 0 Å². The van der Waals surface area contributed by atoms with Gasteiger partial charge in [-0.15, -0.1) is 0 Å². The Hall–Kier alpha value is -2.31. The molecule has 1 amide bonds. The number of pyridine rings is 1. The maximum atomic E-state index is 14.0. The van der Waals surface area contributed by atoms with Crippen LogP contribution >= 0.6 is 0 Å². The molecule has 2 fully saturated rings. The van der Waals surface area contributed by atoms with Crippen LogP contribution in [-0.4, -0.2) is 36.2 Å². The van der Waals surface area contributed by atoms with Gasteiger partial charge in [-0.1, -0.05) is 51.4 Å². The molecule has 0 unspecified atom stereocenters. The Morgan fingerprint density at radius 1 is 0.914 bits per heavy atom. The molecular formula is C28H42N2O5. The lowest BCUT2D eigenvalue weighted by molar-refractivity contribution is -0.149. The van der Waals surface area contributed by atoms with E-state index in [1.54, 1.807) is 7.11 Å². The maximum absolute atomic E-state index is 14.0. The Morgan fingerprint density at radius 3 is 2.20 bits per heavy atom. The fraction of sp³-hybridized carbons (Fsp3) is 0.750. The summed E-state index contributed by atoms with van der Waals surface area (Å²) in [5, 5.41) is 2.97. The molecule has 0 saturated heterocycles. The van der Waals surface area contributed by atoms with Crippen molar-refractivity contribution >= 4 is 11.9 Å². The SMILES string of the molecule is COC(=O)C1(NC(=O)c2c(OC)c3c(n(CC4CCCCC4)c2=O)CCCCCC3)CCCCC1. The lowest BCUT2D eigenvalue weighted by Gasteiger charge is -2.35. The highest BCUT2D eigenvalue weighted by atomic mass is 16.5. The molecule has 0 aliphatic heterocycles. The van der Waals surface area contributed by atoms with E-state index < -0.39 is 17.4 Å². The number of esters is 1. The molecule has 0 spiro atoms. The van der Waals surface area contributed by atoms with Crippen molar-refractivity contribution in [3.63, 3.8) is 0 Å². The number of fused-ring (bicyclic) bond motifs is 1. The monoisotopic (exact) mass is 486 g/mol. The van der Waals surface area contributed by atoms with Crippen LogP contribution in [0.5, 0.6) is 5.75 Å². The third kappa shape index (κ3) is 5.44. The quantitative estimate of drug-likeness (QED) is 0.589. The van der Waals surface area contributed by atoms with Crippen LogP contribution in [0.25, 0.3) is 0 Å². The summed E-state index contributed by atoms with van der Waals surface area (Å²) >= 11 is 0. The van der Waals surface area contributed by atoms with Crippen LogP contribution in [0.4, 0.5) is 0 Å². The zero-order chi connectivity index (χ0) is 24.8. The standard InChI is InChI=1S/C28H42N2O5/c1-34-24-21-15-9-3-4-10-16-22(21)30(19-20-13-7-5-8-14-20)26(32)23(24)25(31)29-28(27(33)35-2)17-11-6-12-18-28/h20H,3-19H2,1-2H3,(H,29,31). The maximum Gasteiger partial charge on any atom is 0.331 e. The van der Waals surface area contributed by atoms with Crippen molar-refractivity contribution < 1.29 is 19.1 Å². The summed E-state index contributed by atoms with van der Waals surface area (Å²) in [4.78, 5) is 40.6. The zero-order valence-corrected chi connectivity index (χ0v) is 21.6. The molecule has 0 aromatic carbocycles. The molecule has 1 N–H and O–H groups in total. The first-order chi connectivity index (χ1) is 17.0. The van der Waals surface area contributed by atoms with Gasteiger partial charge in [0.25, 0.3) is 11.5 Å². The van der Waals surface area contributed by atoms with Crippen molar-refractivity contribution in [3.8, 4) is 5.75 Å². The van der Waals surface area contributed by atoms with Crippen molar-refractivity contribution in [2.45, 2.75) is 115 Å². The van der Waals surface area contributed by atoms with E-state index in [4.69, 9.17) is 9.47 Å². The number of hydrogen-bond donors (Lipinski definition) is 1. The van der Waals surface area contributed by atoms with Crippen LogP contribution < -0.4 is 15.6 Å². The normalized spacial score (nSPS) is 20.7. The summed E-state index contributed by atoms with van der Waals surface area (Å²) in [7, 11) is 2.90. The molecule has 3 aliphatic rings. The molecule has 7 nitrogen and oxygen atoms in total. The minimum atomic E-state index is -1.08. The molecule has 1 aromatic rings. The van der Waals surface area contributed by atoms with Crippen LogP contribution in [0.2, 0.25) is 0 Å². The van der Waals surface area contributed by atoms with E-state index in [0.29, 0.717) is 31.1 Å². The first-order valence-corrected chi connectivity index (χ1v) is 13.7. The average molecular weight is 487 g/mol. The fourth-order valence-electron chi connectivity index (χ4n) is 6.55. The third-order valence-electron chi connectivity index (χ3n) is 8.46. The second kappa shape index (κ2) is 11.6. The van der Waals surface area contributed by atoms with E-state index in [1.165, 1.54) is 26.4 Å². The zero-order valence-electron chi connectivity index (χ0n) is 21.6. The van der Waals surface area contributed by atoms with E-state index in [1.807, 2.05) is 4.57 Å². The molecule has 2 saturated carbocycles. The van der Waals surface area contributed by atoms with Gasteiger partial charge in [0, 0.05) is 17.8 Å². The van der Waals surface area contributed by atoms with Crippen molar-refractivity contribution in [2.75, 3.05) is 14.2 Å². The number of methoxy groups -OCH3 is 2. The van der Waals surface area contributed by atoms with Crippen LogP contribution in [0.15, 0.2) is 4.79 Å². The first kappa shape index (κ1) is 25.8. The van der Waals surface area contributed by atoms with Gasteiger partial charge in [0.1, 0.15) is 16.9 Å². The van der Waals surface area contributed by atoms with Crippen molar-refractivity contribution in [1.82, 2.24) is 9.88 Å².